The summed E-state index contributed by atoms with van der Waals surface area (Å²) in [4.78, 5) is 10.3. The first-order valence-electron chi connectivity index (χ1n) is 3.12. The molecule has 60 valence electrons. The smallest absolute Gasteiger partial charge is 0.309 e. The molecule has 2 N–H and O–H groups in total. The van der Waals surface area contributed by atoms with Gasteiger partial charge in [-0.3, -0.25) is 4.79 Å². The second-order valence-corrected chi connectivity index (χ2v) is 2.44. The minimum atomic E-state index is -0.861. The summed E-state index contributed by atoms with van der Waals surface area (Å²) in [5, 5.41) is 17.4. The number of hydrogen-bond donors (Lipinski definition) is 2. The minimum Gasteiger partial charge on any atom is -0.481 e. The fraction of sp³-hybridized carbons (Fsp3) is 0.833. The molecule has 1 fully saturated rings. The van der Waals surface area contributed by atoms with Crippen molar-refractivity contribution in [1.82, 2.24) is 0 Å². The molecule has 1 saturated carbocycles. The number of carboxylic acid groups (broad SMARTS) is 1. The van der Waals surface area contributed by atoms with Crippen molar-refractivity contribution in [2.24, 2.45) is 5.92 Å². The highest BCUT2D eigenvalue weighted by atomic mass is 35.5. The van der Waals surface area contributed by atoms with Gasteiger partial charge in [0.25, 0.3) is 0 Å². The molecule has 4 heteroatoms. The molecule has 10 heavy (non-hydrogen) atoms. The van der Waals surface area contributed by atoms with E-state index in [1.165, 1.54) is 0 Å². The van der Waals surface area contributed by atoms with Gasteiger partial charge in [-0.2, -0.15) is 0 Å². The monoisotopic (exact) mass is 166 g/mol. The van der Waals surface area contributed by atoms with E-state index in [1.807, 2.05) is 0 Å². The van der Waals surface area contributed by atoms with Crippen molar-refractivity contribution in [2.45, 2.75) is 25.4 Å². The highest BCUT2D eigenvalue weighted by Crippen LogP contribution is 2.25. The molecule has 0 bridgehead atoms. The Morgan fingerprint density at radius 1 is 1.40 bits per heavy atom. The maximum absolute atomic E-state index is 10.3. The molecule has 0 spiro atoms. The standard InChI is InChI=1S/C6H10O3.ClH/c7-5-3-1-2-4(5)6(8)9;/h4-5,7H,1-3H2,(H,8,9);1H. The van der Waals surface area contributed by atoms with Crippen molar-refractivity contribution in [2.75, 3.05) is 0 Å². The molecule has 0 amide bonds. The average molecular weight is 167 g/mol. The van der Waals surface area contributed by atoms with E-state index >= 15 is 0 Å². The quantitative estimate of drug-likeness (QED) is 0.602. The third-order valence-corrected chi connectivity index (χ3v) is 1.80. The fourth-order valence-corrected chi connectivity index (χ4v) is 1.23. The van der Waals surface area contributed by atoms with Crippen molar-refractivity contribution in [3.63, 3.8) is 0 Å². The molecule has 0 radical (unpaired) electrons. The third-order valence-electron chi connectivity index (χ3n) is 1.80. The van der Waals surface area contributed by atoms with Gasteiger partial charge in [0, 0.05) is 0 Å². The second kappa shape index (κ2) is 3.78. The van der Waals surface area contributed by atoms with Crippen LogP contribution in [0.4, 0.5) is 0 Å². The van der Waals surface area contributed by atoms with Gasteiger partial charge in [-0.25, -0.2) is 0 Å². The van der Waals surface area contributed by atoms with Crippen LogP contribution in [0.5, 0.6) is 0 Å². The molecular weight excluding hydrogens is 156 g/mol. The van der Waals surface area contributed by atoms with Gasteiger partial charge >= 0.3 is 5.97 Å². The van der Waals surface area contributed by atoms with Crippen LogP contribution in [0.15, 0.2) is 0 Å². The van der Waals surface area contributed by atoms with E-state index in [1.54, 1.807) is 0 Å². The predicted molar refractivity (Wildman–Crippen MR) is 38.2 cm³/mol. The summed E-state index contributed by atoms with van der Waals surface area (Å²) < 4.78 is 0. The van der Waals surface area contributed by atoms with Crippen LogP contribution in [0.3, 0.4) is 0 Å². The molecule has 0 aromatic carbocycles. The lowest BCUT2D eigenvalue weighted by molar-refractivity contribution is -0.144. The van der Waals surface area contributed by atoms with Crippen LogP contribution in [-0.4, -0.2) is 22.3 Å². The van der Waals surface area contributed by atoms with E-state index < -0.39 is 18.0 Å². The Morgan fingerprint density at radius 3 is 2.20 bits per heavy atom. The number of aliphatic carboxylic acids is 1. The number of aliphatic hydroxyl groups excluding tert-OH is 1. The number of halogens is 1. The van der Waals surface area contributed by atoms with Crippen LogP contribution in [-0.2, 0) is 4.79 Å². The Morgan fingerprint density at radius 2 is 2.00 bits per heavy atom. The van der Waals surface area contributed by atoms with Crippen LogP contribution >= 0.6 is 12.4 Å². The maximum atomic E-state index is 10.3. The molecule has 2 atom stereocenters. The largest absolute Gasteiger partial charge is 0.481 e. The molecule has 1 rings (SSSR count). The topological polar surface area (TPSA) is 57.5 Å². The van der Waals surface area contributed by atoms with Gasteiger partial charge in [-0.1, -0.05) is 0 Å². The number of aliphatic hydroxyl groups is 1. The molecule has 0 aliphatic heterocycles. The van der Waals surface area contributed by atoms with Gasteiger partial charge in [-0.15, -0.1) is 12.4 Å². The first-order chi connectivity index (χ1) is 4.22. The number of carboxylic acids is 1. The van der Waals surface area contributed by atoms with Gasteiger partial charge in [0.1, 0.15) is 0 Å². The van der Waals surface area contributed by atoms with Gasteiger partial charge < -0.3 is 10.2 Å². The van der Waals surface area contributed by atoms with E-state index in [2.05, 4.69) is 0 Å². The molecular formula is C6H11ClO3. The lowest BCUT2D eigenvalue weighted by Gasteiger charge is -2.06. The Hall–Kier alpha value is -0.280. The van der Waals surface area contributed by atoms with Crippen LogP contribution < -0.4 is 0 Å². The summed E-state index contributed by atoms with van der Waals surface area (Å²) >= 11 is 0. The fourth-order valence-electron chi connectivity index (χ4n) is 1.23. The SMILES string of the molecule is Cl.O=C(O)C1CCCC1O. The van der Waals surface area contributed by atoms with Crippen molar-refractivity contribution >= 4 is 18.4 Å². The molecule has 3 nitrogen and oxygen atoms in total. The number of hydrogen-bond acceptors (Lipinski definition) is 2. The summed E-state index contributed by atoms with van der Waals surface area (Å²) in [6.45, 7) is 0. The van der Waals surface area contributed by atoms with Gasteiger partial charge in [-0.05, 0) is 19.3 Å². The van der Waals surface area contributed by atoms with Crippen LogP contribution in [0, 0.1) is 5.92 Å². The number of carbonyl (C=O) groups is 1. The Balaban J connectivity index is 0.000000810. The molecule has 1 aliphatic rings. The van der Waals surface area contributed by atoms with Crippen LogP contribution in [0.25, 0.3) is 0 Å². The van der Waals surface area contributed by atoms with Crippen molar-refractivity contribution in [1.29, 1.82) is 0 Å². The average Bonchev–Trinajstić information content (AvgIpc) is 2.13. The summed E-state index contributed by atoms with van der Waals surface area (Å²) in [6.07, 6.45) is 1.54. The molecule has 2 unspecified atom stereocenters. The number of rotatable bonds is 1. The Bertz CT molecular complexity index is 126. The third kappa shape index (κ3) is 1.85. The van der Waals surface area contributed by atoms with Crippen molar-refractivity contribution < 1.29 is 15.0 Å². The second-order valence-electron chi connectivity index (χ2n) is 2.44. The van der Waals surface area contributed by atoms with E-state index in [0.29, 0.717) is 12.8 Å². The Kier molecular flexibility index (Phi) is 3.68. The van der Waals surface area contributed by atoms with Gasteiger partial charge in [0.05, 0.1) is 12.0 Å². The first-order valence-corrected chi connectivity index (χ1v) is 3.12. The molecule has 0 heterocycles. The lowest BCUT2D eigenvalue weighted by Crippen LogP contribution is -2.21. The maximum Gasteiger partial charge on any atom is 0.309 e. The molecule has 0 aromatic rings. The highest BCUT2D eigenvalue weighted by molar-refractivity contribution is 5.85. The summed E-state index contributed by atoms with van der Waals surface area (Å²) in [7, 11) is 0. The van der Waals surface area contributed by atoms with E-state index in [9.17, 15) is 4.79 Å². The van der Waals surface area contributed by atoms with Crippen molar-refractivity contribution in [3.05, 3.63) is 0 Å². The normalized spacial score (nSPS) is 31.3. The predicted octanol–water partition coefficient (Wildman–Crippen LogP) is 0.654. The molecule has 0 aromatic heterocycles. The zero-order valence-corrected chi connectivity index (χ0v) is 6.30. The highest BCUT2D eigenvalue weighted by Gasteiger charge is 2.30. The minimum absolute atomic E-state index is 0. The van der Waals surface area contributed by atoms with E-state index in [-0.39, 0.29) is 12.4 Å². The van der Waals surface area contributed by atoms with E-state index in [0.717, 1.165) is 6.42 Å². The van der Waals surface area contributed by atoms with Crippen LogP contribution in [0.2, 0.25) is 0 Å². The van der Waals surface area contributed by atoms with Crippen molar-refractivity contribution in [3.8, 4) is 0 Å². The molecule has 0 saturated heterocycles. The van der Waals surface area contributed by atoms with Gasteiger partial charge in [0.15, 0.2) is 0 Å². The summed E-state index contributed by atoms with van der Waals surface area (Å²) in [5.41, 5.74) is 0. The summed E-state index contributed by atoms with van der Waals surface area (Å²) in [5.74, 6) is -1.36. The Labute approximate surface area is 65.5 Å². The first kappa shape index (κ1) is 9.72. The zero-order chi connectivity index (χ0) is 6.85. The van der Waals surface area contributed by atoms with Gasteiger partial charge in [0.2, 0.25) is 0 Å². The molecule has 1 aliphatic carbocycles. The summed E-state index contributed by atoms with van der Waals surface area (Å²) in [6, 6.07) is 0. The van der Waals surface area contributed by atoms with E-state index in [4.69, 9.17) is 10.2 Å². The van der Waals surface area contributed by atoms with Crippen LogP contribution in [0.1, 0.15) is 19.3 Å². The zero-order valence-electron chi connectivity index (χ0n) is 5.49. The lowest BCUT2D eigenvalue weighted by atomic mass is 10.1.